The topological polar surface area (TPSA) is 50.2 Å². The molecule has 3 nitrogen and oxygen atoms in total. The van der Waals surface area contributed by atoms with E-state index in [9.17, 15) is 4.79 Å². The standard InChI is InChI=1S/C9H12ClNO2S/c1-2-3-4-6-8(9(12)13)14-7(5-10)11-6/h2-5H2,1H3,(H,12,13). The average molecular weight is 234 g/mol. The molecule has 1 heterocycles. The number of unbranched alkanes of at least 4 members (excludes halogenated alkanes) is 1. The van der Waals surface area contributed by atoms with Crippen molar-refractivity contribution in [2.24, 2.45) is 0 Å². The molecule has 14 heavy (non-hydrogen) atoms. The summed E-state index contributed by atoms with van der Waals surface area (Å²) in [5.74, 6) is -0.609. The zero-order valence-electron chi connectivity index (χ0n) is 7.92. The van der Waals surface area contributed by atoms with Gasteiger partial charge >= 0.3 is 5.97 Å². The van der Waals surface area contributed by atoms with E-state index in [1.165, 1.54) is 11.3 Å². The van der Waals surface area contributed by atoms with Crippen LogP contribution in [0.15, 0.2) is 0 Å². The molecular weight excluding hydrogens is 222 g/mol. The molecule has 78 valence electrons. The van der Waals surface area contributed by atoms with Crippen LogP contribution < -0.4 is 0 Å². The number of halogens is 1. The van der Waals surface area contributed by atoms with Gasteiger partial charge in [-0.2, -0.15) is 0 Å². The van der Waals surface area contributed by atoms with Gasteiger partial charge in [0.1, 0.15) is 9.88 Å². The number of rotatable bonds is 5. The summed E-state index contributed by atoms with van der Waals surface area (Å²) in [5.41, 5.74) is 0.681. The maximum Gasteiger partial charge on any atom is 0.347 e. The summed E-state index contributed by atoms with van der Waals surface area (Å²) in [5, 5.41) is 9.59. The molecule has 0 amide bonds. The van der Waals surface area contributed by atoms with E-state index in [2.05, 4.69) is 11.9 Å². The molecule has 0 aliphatic rings. The fourth-order valence-corrected chi connectivity index (χ4v) is 2.16. The highest BCUT2D eigenvalue weighted by Gasteiger charge is 2.15. The van der Waals surface area contributed by atoms with E-state index in [1.54, 1.807) is 0 Å². The van der Waals surface area contributed by atoms with Crippen LogP contribution >= 0.6 is 22.9 Å². The van der Waals surface area contributed by atoms with Crippen LogP contribution in [0.2, 0.25) is 0 Å². The van der Waals surface area contributed by atoms with Gasteiger partial charge in [-0.15, -0.1) is 22.9 Å². The third kappa shape index (κ3) is 2.69. The zero-order chi connectivity index (χ0) is 10.6. The Morgan fingerprint density at radius 2 is 2.36 bits per heavy atom. The van der Waals surface area contributed by atoms with Gasteiger partial charge in [0.15, 0.2) is 0 Å². The van der Waals surface area contributed by atoms with Crippen molar-refractivity contribution < 1.29 is 9.90 Å². The normalized spacial score (nSPS) is 10.4. The second-order valence-corrected chi connectivity index (χ2v) is 4.28. The van der Waals surface area contributed by atoms with Crippen LogP contribution in [0.1, 0.15) is 40.1 Å². The highest BCUT2D eigenvalue weighted by atomic mass is 35.5. The van der Waals surface area contributed by atoms with Gasteiger partial charge in [0.2, 0.25) is 0 Å². The summed E-state index contributed by atoms with van der Waals surface area (Å²) in [7, 11) is 0. The second kappa shape index (κ2) is 5.32. The van der Waals surface area contributed by atoms with Gasteiger partial charge in [-0.3, -0.25) is 0 Å². The molecule has 0 fully saturated rings. The van der Waals surface area contributed by atoms with Crippen LogP contribution in [-0.4, -0.2) is 16.1 Å². The second-order valence-electron chi connectivity index (χ2n) is 2.93. The summed E-state index contributed by atoms with van der Waals surface area (Å²) >= 11 is 6.78. The molecule has 0 aromatic carbocycles. The molecule has 0 saturated heterocycles. The number of aryl methyl sites for hydroxylation is 1. The van der Waals surface area contributed by atoms with Gasteiger partial charge in [0, 0.05) is 0 Å². The molecule has 5 heteroatoms. The number of carboxylic acids is 1. The minimum Gasteiger partial charge on any atom is -0.477 e. The molecule has 1 rings (SSSR count). The van der Waals surface area contributed by atoms with E-state index in [0.717, 1.165) is 19.3 Å². The Labute approximate surface area is 91.7 Å². The fraction of sp³-hybridized carbons (Fsp3) is 0.556. The van der Waals surface area contributed by atoms with Crippen molar-refractivity contribution in [3.63, 3.8) is 0 Å². The maximum absolute atomic E-state index is 10.8. The van der Waals surface area contributed by atoms with Crippen LogP contribution in [0.25, 0.3) is 0 Å². The number of carboxylic acid groups (broad SMARTS) is 1. The number of aromatic nitrogens is 1. The zero-order valence-corrected chi connectivity index (χ0v) is 9.49. The monoisotopic (exact) mass is 233 g/mol. The van der Waals surface area contributed by atoms with Crippen molar-refractivity contribution in [3.8, 4) is 0 Å². The van der Waals surface area contributed by atoms with Crippen LogP contribution in [0.3, 0.4) is 0 Å². The molecule has 0 radical (unpaired) electrons. The Morgan fingerprint density at radius 1 is 1.64 bits per heavy atom. The minimum atomic E-state index is -0.898. The van der Waals surface area contributed by atoms with Crippen LogP contribution in [-0.2, 0) is 12.3 Å². The third-order valence-corrected chi connectivity index (χ3v) is 3.31. The first kappa shape index (κ1) is 11.5. The predicted octanol–water partition coefficient (Wildman–Crippen LogP) is 2.92. The SMILES string of the molecule is CCCCc1nc(CCl)sc1C(=O)O. The number of carbonyl (C=O) groups is 1. The number of thiazole rings is 1. The number of aromatic carboxylic acids is 1. The van der Waals surface area contributed by atoms with Gasteiger partial charge in [-0.1, -0.05) is 13.3 Å². The van der Waals surface area contributed by atoms with Gasteiger partial charge in [0.25, 0.3) is 0 Å². The summed E-state index contributed by atoms with van der Waals surface area (Å²) in [6, 6.07) is 0. The lowest BCUT2D eigenvalue weighted by Gasteiger charge is -1.95. The largest absolute Gasteiger partial charge is 0.477 e. The Hall–Kier alpha value is -0.610. The first-order valence-corrected chi connectivity index (χ1v) is 5.82. The van der Waals surface area contributed by atoms with Crippen molar-refractivity contribution in [3.05, 3.63) is 15.6 Å². The van der Waals surface area contributed by atoms with Gasteiger partial charge in [0.05, 0.1) is 11.6 Å². The average Bonchev–Trinajstić information content (AvgIpc) is 2.58. The van der Waals surface area contributed by atoms with Crippen LogP contribution in [0, 0.1) is 0 Å². The van der Waals surface area contributed by atoms with Crippen molar-refractivity contribution >= 4 is 28.9 Å². The third-order valence-electron chi connectivity index (χ3n) is 1.82. The summed E-state index contributed by atoms with van der Waals surface area (Å²) < 4.78 is 0. The summed E-state index contributed by atoms with van der Waals surface area (Å²) in [6.45, 7) is 2.06. The molecule has 0 spiro atoms. The molecule has 0 unspecified atom stereocenters. The lowest BCUT2D eigenvalue weighted by atomic mass is 10.2. The van der Waals surface area contributed by atoms with Crippen LogP contribution in [0.5, 0.6) is 0 Å². The smallest absolute Gasteiger partial charge is 0.347 e. The summed E-state index contributed by atoms with van der Waals surface area (Å²) in [6.07, 6.45) is 2.73. The molecule has 0 aliphatic heterocycles. The van der Waals surface area contributed by atoms with E-state index in [1.807, 2.05) is 0 Å². The minimum absolute atomic E-state index is 0.289. The Balaban J connectivity index is 2.88. The highest BCUT2D eigenvalue weighted by Crippen LogP contribution is 2.21. The number of nitrogens with zero attached hydrogens (tertiary/aromatic N) is 1. The molecule has 0 bridgehead atoms. The molecule has 0 saturated carbocycles. The molecular formula is C9H12ClNO2S. The van der Waals surface area contributed by atoms with Gasteiger partial charge in [-0.05, 0) is 12.8 Å². The molecule has 0 atom stereocenters. The van der Waals surface area contributed by atoms with E-state index < -0.39 is 5.97 Å². The van der Waals surface area contributed by atoms with E-state index >= 15 is 0 Å². The lowest BCUT2D eigenvalue weighted by molar-refractivity contribution is 0.0700. The molecule has 1 aromatic rings. The summed E-state index contributed by atoms with van der Waals surface area (Å²) in [4.78, 5) is 15.4. The van der Waals surface area contributed by atoms with Crippen molar-refractivity contribution in [2.45, 2.75) is 32.1 Å². The Morgan fingerprint density at radius 3 is 2.86 bits per heavy atom. The van der Waals surface area contributed by atoms with Gasteiger partial charge < -0.3 is 5.11 Å². The number of hydrogen-bond acceptors (Lipinski definition) is 3. The highest BCUT2D eigenvalue weighted by molar-refractivity contribution is 7.13. The molecule has 1 aromatic heterocycles. The number of hydrogen-bond donors (Lipinski definition) is 1. The predicted molar refractivity (Wildman–Crippen MR) is 57.2 cm³/mol. The first-order chi connectivity index (χ1) is 6.69. The van der Waals surface area contributed by atoms with E-state index in [4.69, 9.17) is 16.7 Å². The molecule has 1 N–H and O–H groups in total. The molecule has 0 aliphatic carbocycles. The van der Waals surface area contributed by atoms with Crippen LogP contribution in [0.4, 0.5) is 0 Å². The fourth-order valence-electron chi connectivity index (χ4n) is 1.14. The lowest BCUT2D eigenvalue weighted by Crippen LogP contribution is -1.98. The van der Waals surface area contributed by atoms with Crippen molar-refractivity contribution in [1.82, 2.24) is 4.98 Å². The van der Waals surface area contributed by atoms with E-state index in [0.29, 0.717) is 15.6 Å². The first-order valence-electron chi connectivity index (χ1n) is 4.46. The quantitative estimate of drug-likeness (QED) is 0.796. The maximum atomic E-state index is 10.8. The Bertz CT molecular complexity index is 325. The van der Waals surface area contributed by atoms with Crippen molar-refractivity contribution in [1.29, 1.82) is 0 Å². The van der Waals surface area contributed by atoms with Gasteiger partial charge in [-0.25, -0.2) is 9.78 Å². The Kier molecular flexibility index (Phi) is 4.35. The van der Waals surface area contributed by atoms with Crippen molar-refractivity contribution in [2.75, 3.05) is 0 Å². The number of alkyl halides is 1. The van der Waals surface area contributed by atoms with E-state index in [-0.39, 0.29) is 5.88 Å².